The van der Waals surface area contributed by atoms with Crippen molar-refractivity contribution in [2.45, 2.75) is 13.3 Å². The minimum absolute atomic E-state index is 0.106. The molecule has 0 unspecified atom stereocenters. The smallest absolute Gasteiger partial charge is 0.251 e. The highest BCUT2D eigenvalue weighted by atomic mass is 32.1. The molecule has 0 radical (unpaired) electrons. The number of carbonyl (C=O) groups is 2. The Morgan fingerprint density at radius 2 is 1.78 bits per heavy atom. The van der Waals surface area contributed by atoms with E-state index < -0.39 is 0 Å². The second-order valence-electron chi connectivity index (χ2n) is 6.16. The fourth-order valence-corrected chi connectivity index (χ4v) is 3.41. The molecule has 6 heteroatoms. The van der Waals surface area contributed by atoms with Crippen LogP contribution in [0.25, 0.3) is 10.6 Å². The van der Waals surface area contributed by atoms with Crippen LogP contribution in [0.1, 0.15) is 21.6 Å². The first kappa shape index (κ1) is 18.8. The zero-order valence-corrected chi connectivity index (χ0v) is 15.9. The van der Waals surface area contributed by atoms with Crippen molar-refractivity contribution in [2.24, 2.45) is 0 Å². The van der Waals surface area contributed by atoms with Crippen LogP contribution in [0.3, 0.4) is 0 Å². The number of amides is 2. The van der Waals surface area contributed by atoms with Crippen LogP contribution in [0.4, 0.5) is 0 Å². The van der Waals surface area contributed by atoms with E-state index in [-0.39, 0.29) is 18.2 Å². The number of rotatable bonds is 7. The summed E-state index contributed by atoms with van der Waals surface area (Å²) >= 11 is 1.54. The lowest BCUT2D eigenvalue weighted by molar-refractivity contribution is -0.120. The van der Waals surface area contributed by atoms with E-state index in [1.807, 2.05) is 48.7 Å². The predicted molar refractivity (Wildman–Crippen MR) is 108 cm³/mol. The minimum atomic E-state index is -0.146. The van der Waals surface area contributed by atoms with Crippen LogP contribution in [-0.4, -0.2) is 29.9 Å². The zero-order chi connectivity index (χ0) is 19.1. The fourth-order valence-electron chi connectivity index (χ4n) is 2.60. The van der Waals surface area contributed by atoms with Gasteiger partial charge in [0.15, 0.2) is 0 Å². The molecule has 3 aromatic rings. The van der Waals surface area contributed by atoms with Crippen LogP contribution in [0.5, 0.6) is 0 Å². The molecule has 27 heavy (non-hydrogen) atoms. The van der Waals surface area contributed by atoms with Crippen molar-refractivity contribution < 1.29 is 9.59 Å². The van der Waals surface area contributed by atoms with Crippen LogP contribution in [0.15, 0.2) is 60.0 Å². The summed E-state index contributed by atoms with van der Waals surface area (Å²) in [4.78, 5) is 28.5. The molecule has 0 saturated heterocycles. The van der Waals surface area contributed by atoms with Crippen molar-refractivity contribution in [3.05, 3.63) is 76.8 Å². The maximum Gasteiger partial charge on any atom is 0.251 e. The lowest BCUT2D eigenvalue weighted by Gasteiger charge is -2.06. The Kier molecular flexibility index (Phi) is 6.33. The highest BCUT2D eigenvalue weighted by Crippen LogP contribution is 2.24. The average molecular weight is 379 g/mol. The maximum atomic E-state index is 12.1. The fraction of sp³-hybridized carbons (Fsp3) is 0.190. The maximum absolute atomic E-state index is 12.1. The first-order chi connectivity index (χ1) is 13.1. The van der Waals surface area contributed by atoms with Crippen molar-refractivity contribution in [3.63, 3.8) is 0 Å². The van der Waals surface area contributed by atoms with Gasteiger partial charge in [-0.1, -0.05) is 42.0 Å². The molecule has 5 nitrogen and oxygen atoms in total. The van der Waals surface area contributed by atoms with Gasteiger partial charge in [0.2, 0.25) is 5.91 Å². The van der Waals surface area contributed by atoms with Gasteiger partial charge < -0.3 is 10.6 Å². The molecule has 0 aliphatic carbocycles. The summed E-state index contributed by atoms with van der Waals surface area (Å²) in [6.45, 7) is 2.80. The lowest BCUT2D eigenvalue weighted by Crippen LogP contribution is -2.35. The molecule has 2 N–H and O–H groups in total. The van der Waals surface area contributed by atoms with E-state index in [4.69, 9.17) is 0 Å². The third kappa shape index (κ3) is 5.49. The predicted octanol–water partition coefficient (Wildman–Crippen LogP) is 3.21. The quantitative estimate of drug-likeness (QED) is 0.619. The number of hydrogen-bond acceptors (Lipinski definition) is 4. The van der Waals surface area contributed by atoms with Gasteiger partial charge in [0.25, 0.3) is 5.91 Å². The molecular formula is C21H21N3O2S. The topological polar surface area (TPSA) is 71.1 Å². The largest absolute Gasteiger partial charge is 0.354 e. The molecule has 0 atom stereocenters. The average Bonchev–Trinajstić information content (AvgIpc) is 3.14. The van der Waals surface area contributed by atoms with Crippen LogP contribution >= 0.6 is 11.3 Å². The minimum Gasteiger partial charge on any atom is -0.354 e. The number of aromatic nitrogens is 1. The number of carbonyl (C=O) groups excluding carboxylic acids is 2. The van der Waals surface area contributed by atoms with E-state index in [0.29, 0.717) is 18.7 Å². The van der Waals surface area contributed by atoms with Crippen LogP contribution in [0.2, 0.25) is 0 Å². The number of aryl methyl sites for hydroxylation is 1. The van der Waals surface area contributed by atoms with Gasteiger partial charge in [-0.3, -0.25) is 9.59 Å². The molecule has 1 aromatic heterocycles. The van der Waals surface area contributed by atoms with Crippen molar-refractivity contribution in [2.75, 3.05) is 13.1 Å². The summed E-state index contributed by atoms with van der Waals surface area (Å²) in [5.74, 6) is -0.253. The Balaban J connectivity index is 1.43. The number of thiazole rings is 1. The van der Waals surface area contributed by atoms with E-state index in [2.05, 4.69) is 21.7 Å². The first-order valence-electron chi connectivity index (χ1n) is 8.73. The van der Waals surface area contributed by atoms with Gasteiger partial charge in [-0.05, 0) is 25.1 Å². The normalized spacial score (nSPS) is 10.4. The summed E-state index contributed by atoms with van der Waals surface area (Å²) in [5.41, 5.74) is 3.60. The Hall–Kier alpha value is -2.99. The molecule has 138 valence electrons. The molecule has 0 aliphatic rings. The van der Waals surface area contributed by atoms with Gasteiger partial charge in [-0.2, -0.15) is 0 Å². The van der Waals surface area contributed by atoms with Gasteiger partial charge in [0.05, 0.1) is 12.1 Å². The Morgan fingerprint density at radius 3 is 2.56 bits per heavy atom. The molecule has 3 rings (SSSR count). The number of hydrogen-bond donors (Lipinski definition) is 2. The zero-order valence-electron chi connectivity index (χ0n) is 15.1. The first-order valence-corrected chi connectivity index (χ1v) is 9.61. The second-order valence-corrected chi connectivity index (χ2v) is 7.02. The van der Waals surface area contributed by atoms with Gasteiger partial charge >= 0.3 is 0 Å². The number of benzene rings is 2. The SMILES string of the molecule is Cc1cccc(-c2nc(CC(=O)NCCNC(=O)c3ccccc3)cs2)c1. The van der Waals surface area contributed by atoms with Gasteiger partial charge in [0.1, 0.15) is 5.01 Å². The van der Waals surface area contributed by atoms with Crippen molar-refractivity contribution in [3.8, 4) is 10.6 Å². The lowest BCUT2D eigenvalue weighted by atomic mass is 10.1. The van der Waals surface area contributed by atoms with Gasteiger partial charge in [-0.25, -0.2) is 4.98 Å². The molecule has 0 aliphatic heterocycles. The molecule has 2 aromatic carbocycles. The summed E-state index contributed by atoms with van der Waals surface area (Å²) in [6, 6.07) is 17.1. The van der Waals surface area contributed by atoms with Crippen LogP contribution in [0, 0.1) is 6.92 Å². The molecule has 2 amide bonds. The van der Waals surface area contributed by atoms with E-state index in [1.165, 1.54) is 16.9 Å². The molecule has 0 spiro atoms. The number of nitrogens with zero attached hydrogens (tertiary/aromatic N) is 1. The summed E-state index contributed by atoms with van der Waals surface area (Å²) in [7, 11) is 0. The van der Waals surface area contributed by atoms with Crippen LogP contribution < -0.4 is 10.6 Å². The van der Waals surface area contributed by atoms with Gasteiger partial charge in [0, 0.05) is 29.6 Å². The van der Waals surface area contributed by atoms with E-state index >= 15 is 0 Å². The van der Waals surface area contributed by atoms with E-state index in [9.17, 15) is 9.59 Å². The van der Waals surface area contributed by atoms with E-state index in [1.54, 1.807) is 12.1 Å². The molecule has 0 saturated carbocycles. The Morgan fingerprint density at radius 1 is 1.00 bits per heavy atom. The van der Waals surface area contributed by atoms with Crippen molar-refractivity contribution in [1.82, 2.24) is 15.6 Å². The molecule has 0 fully saturated rings. The van der Waals surface area contributed by atoms with Crippen molar-refractivity contribution in [1.29, 1.82) is 0 Å². The summed E-state index contributed by atoms with van der Waals surface area (Å²) in [5, 5.41) is 8.41. The Bertz CT molecular complexity index is 922. The van der Waals surface area contributed by atoms with Crippen molar-refractivity contribution >= 4 is 23.2 Å². The summed E-state index contributed by atoms with van der Waals surface area (Å²) < 4.78 is 0. The van der Waals surface area contributed by atoms with E-state index in [0.717, 1.165) is 16.3 Å². The third-order valence-electron chi connectivity index (χ3n) is 3.93. The second kappa shape index (κ2) is 9.09. The Labute approximate surface area is 162 Å². The highest BCUT2D eigenvalue weighted by Gasteiger charge is 2.09. The molecule has 0 bridgehead atoms. The third-order valence-corrected chi connectivity index (χ3v) is 4.87. The number of nitrogens with one attached hydrogen (secondary N) is 2. The molecule has 1 heterocycles. The van der Waals surface area contributed by atoms with Gasteiger partial charge in [-0.15, -0.1) is 11.3 Å². The molecular weight excluding hydrogens is 358 g/mol. The van der Waals surface area contributed by atoms with Crippen LogP contribution in [-0.2, 0) is 11.2 Å². The monoisotopic (exact) mass is 379 g/mol. The highest BCUT2D eigenvalue weighted by molar-refractivity contribution is 7.13. The summed E-state index contributed by atoms with van der Waals surface area (Å²) in [6.07, 6.45) is 0.231. The standard InChI is InChI=1S/C21H21N3O2S/c1-15-6-5-9-17(12-15)21-24-18(14-27-21)13-19(25)22-10-11-23-20(26)16-7-3-2-4-8-16/h2-9,12,14H,10-11,13H2,1H3,(H,22,25)(H,23,26).